The Kier molecular flexibility index (Phi) is 6.83. The Morgan fingerprint density at radius 1 is 1.28 bits per heavy atom. The number of hydrogen-bond acceptors (Lipinski definition) is 4. The number of amides is 1. The van der Waals surface area contributed by atoms with Gasteiger partial charge in [-0.05, 0) is 56.7 Å². The van der Waals surface area contributed by atoms with Crippen LogP contribution < -0.4 is 14.9 Å². The van der Waals surface area contributed by atoms with Gasteiger partial charge >= 0.3 is 0 Å². The molecule has 5 nitrogen and oxygen atoms in total. The minimum atomic E-state index is -0.695. The lowest BCUT2D eigenvalue weighted by Crippen LogP contribution is -2.33. The van der Waals surface area contributed by atoms with Gasteiger partial charge in [-0.15, -0.1) is 0 Å². The first kappa shape index (κ1) is 18.8. The number of rotatable bonds is 7. The summed E-state index contributed by atoms with van der Waals surface area (Å²) in [7, 11) is 0. The van der Waals surface area contributed by atoms with Crippen LogP contribution in [0.15, 0.2) is 47.6 Å². The largest absolute Gasteiger partial charge is 0.493 e. The van der Waals surface area contributed by atoms with Crippen molar-refractivity contribution in [3.63, 3.8) is 0 Å². The van der Waals surface area contributed by atoms with Crippen molar-refractivity contribution in [2.75, 3.05) is 6.61 Å². The van der Waals surface area contributed by atoms with Crippen molar-refractivity contribution >= 4 is 23.7 Å². The lowest BCUT2D eigenvalue weighted by Gasteiger charge is -2.15. The van der Waals surface area contributed by atoms with Crippen LogP contribution in [0.3, 0.4) is 0 Å². The number of para-hydroxylation sites is 1. The number of carbonyl (C=O) groups is 1. The standard InChI is InChI=1S/C19H21ClN2O3/c1-4-24-18-8-6-5-7-15(18)12-21-22-19(23)14(3)25-17-10-9-16(20)11-13(17)2/h5-12,14H,4H2,1-3H3,(H,22,23)/b21-12-/t14-/m1/s1. The number of ether oxygens (including phenoxy) is 2. The monoisotopic (exact) mass is 360 g/mol. The van der Waals surface area contributed by atoms with Crippen LogP contribution in [-0.4, -0.2) is 24.8 Å². The molecule has 0 unspecified atom stereocenters. The lowest BCUT2D eigenvalue weighted by molar-refractivity contribution is -0.127. The van der Waals surface area contributed by atoms with Crippen LogP contribution in [0.1, 0.15) is 25.0 Å². The fraction of sp³-hybridized carbons (Fsp3) is 0.263. The molecule has 6 heteroatoms. The summed E-state index contributed by atoms with van der Waals surface area (Å²) < 4.78 is 11.2. The van der Waals surface area contributed by atoms with Crippen LogP contribution in [0.25, 0.3) is 0 Å². The first-order valence-corrected chi connectivity index (χ1v) is 8.36. The molecule has 2 rings (SSSR count). The second-order valence-corrected chi connectivity index (χ2v) is 5.81. The van der Waals surface area contributed by atoms with Gasteiger partial charge in [0.05, 0.1) is 12.8 Å². The Morgan fingerprint density at radius 2 is 2.04 bits per heavy atom. The van der Waals surface area contributed by atoms with E-state index in [2.05, 4.69) is 10.5 Å². The highest BCUT2D eigenvalue weighted by atomic mass is 35.5. The lowest BCUT2D eigenvalue weighted by atomic mass is 10.2. The molecule has 132 valence electrons. The second kappa shape index (κ2) is 9.08. The number of hydrazone groups is 1. The maximum absolute atomic E-state index is 12.1. The highest BCUT2D eigenvalue weighted by molar-refractivity contribution is 6.30. The normalized spacial score (nSPS) is 12.0. The summed E-state index contributed by atoms with van der Waals surface area (Å²) in [6.45, 7) is 6.00. The third-order valence-electron chi connectivity index (χ3n) is 3.41. The van der Waals surface area contributed by atoms with E-state index in [1.165, 1.54) is 0 Å². The summed E-state index contributed by atoms with van der Waals surface area (Å²) in [5, 5.41) is 4.60. The fourth-order valence-corrected chi connectivity index (χ4v) is 2.35. The zero-order chi connectivity index (χ0) is 18.2. The van der Waals surface area contributed by atoms with E-state index >= 15 is 0 Å². The predicted molar refractivity (Wildman–Crippen MR) is 99.6 cm³/mol. The van der Waals surface area contributed by atoms with E-state index in [4.69, 9.17) is 21.1 Å². The van der Waals surface area contributed by atoms with E-state index in [-0.39, 0.29) is 5.91 Å². The molecule has 0 spiro atoms. The molecule has 0 radical (unpaired) electrons. The van der Waals surface area contributed by atoms with Crippen molar-refractivity contribution in [1.29, 1.82) is 0 Å². The molecule has 2 aromatic carbocycles. The van der Waals surface area contributed by atoms with Gasteiger partial charge in [-0.3, -0.25) is 4.79 Å². The molecule has 0 aromatic heterocycles. The van der Waals surface area contributed by atoms with E-state index in [1.54, 1.807) is 31.3 Å². The maximum Gasteiger partial charge on any atom is 0.280 e. The van der Waals surface area contributed by atoms with Gasteiger partial charge in [0.25, 0.3) is 5.91 Å². The zero-order valence-corrected chi connectivity index (χ0v) is 15.2. The van der Waals surface area contributed by atoms with Gasteiger partial charge in [0.15, 0.2) is 6.10 Å². The van der Waals surface area contributed by atoms with Crippen LogP contribution in [0.5, 0.6) is 11.5 Å². The predicted octanol–water partition coefficient (Wildman–Crippen LogP) is 3.96. The molecule has 0 heterocycles. The summed E-state index contributed by atoms with van der Waals surface area (Å²) >= 11 is 5.91. The summed E-state index contributed by atoms with van der Waals surface area (Å²) in [5.74, 6) is 0.973. The minimum absolute atomic E-state index is 0.348. The molecular weight excluding hydrogens is 340 g/mol. The van der Waals surface area contributed by atoms with Gasteiger partial charge in [0.1, 0.15) is 11.5 Å². The van der Waals surface area contributed by atoms with Gasteiger partial charge in [-0.1, -0.05) is 23.7 Å². The van der Waals surface area contributed by atoms with E-state index < -0.39 is 6.10 Å². The van der Waals surface area contributed by atoms with Crippen molar-refractivity contribution in [3.8, 4) is 11.5 Å². The number of hydrogen-bond donors (Lipinski definition) is 1. The maximum atomic E-state index is 12.1. The van der Waals surface area contributed by atoms with Crippen LogP contribution >= 0.6 is 11.6 Å². The molecule has 0 aliphatic heterocycles. The number of halogens is 1. The summed E-state index contributed by atoms with van der Waals surface area (Å²) in [6, 6.07) is 12.7. The van der Waals surface area contributed by atoms with Crippen molar-refractivity contribution in [1.82, 2.24) is 5.43 Å². The highest BCUT2D eigenvalue weighted by Gasteiger charge is 2.15. The van der Waals surface area contributed by atoms with Crippen LogP contribution in [0.2, 0.25) is 5.02 Å². The van der Waals surface area contributed by atoms with Gasteiger partial charge in [0.2, 0.25) is 0 Å². The van der Waals surface area contributed by atoms with Crippen molar-refractivity contribution in [3.05, 3.63) is 58.6 Å². The first-order valence-electron chi connectivity index (χ1n) is 7.98. The third-order valence-corrected chi connectivity index (χ3v) is 3.64. The summed E-state index contributed by atoms with van der Waals surface area (Å²) in [6.07, 6.45) is 0.850. The fourth-order valence-electron chi connectivity index (χ4n) is 2.12. The molecule has 0 aliphatic carbocycles. The smallest absolute Gasteiger partial charge is 0.280 e. The molecule has 1 amide bonds. The Bertz CT molecular complexity index is 762. The minimum Gasteiger partial charge on any atom is -0.493 e. The Labute approximate surface area is 152 Å². The Hall–Kier alpha value is -2.53. The van der Waals surface area contributed by atoms with E-state index in [0.717, 1.165) is 11.1 Å². The van der Waals surface area contributed by atoms with Crippen LogP contribution in [0.4, 0.5) is 0 Å². The van der Waals surface area contributed by atoms with E-state index in [0.29, 0.717) is 23.1 Å². The number of nitrogens with one attached hydrogen (secondary N) is 1. The SMILES string of the molecule is CCOc1ccccc1/C=N\NC(=O)[C@@H](C)Oc1ccc(Cl)cc1C. The molecule has 0 saturated carbocycles. The first-order chi connectivity index (χ1) is 12.0. The molecular formula is C19H21ClN2O3. The average molecular weight is 361 g/mol. The molecule has 25 heavy (non-hydrogen) atoms. The van der Waals surface area contributed by atoms with Crippen molar-refractivity contribution < 1.29 is 14.3 Å². The van der Waals surface area contributed by atoms with Crippen molar-refractivity contribution in [2.45, 2.75) is 26.9 Å². The zero-order valence-electron chi connectivity index (χ0n) is 14.5. The molecule has 0 saturated heterocycles. The number of carbonyl (C=O) groups excluding carboxylic acids is 1. The molecule has 0 aliphatic rings. The Balaban J connectivity index is 1.95. The van der Waals surface area contributed by atoms with E-state index in [1.807, 2.05) is 38.1 Å². The van der Waals surface area contributed by atoms with Gasteiger partial charge in [-0.25, -0.2) is 5.43 Å². The van der Waals surface area contributed by atoms with Gasteiger partial charge in [-0.2, -0.15) is 5.10 Å². The van der Waals surface area contributed by atoms with Gasteiger partial charge < -0.3 is 9.47 Å². The van der Waals surface area contributed by atoms with Gasteiger partial charge in [0, 0.05) is 10.6 Å². The Morgan fingerprint density at radius 3 is 2.76 bits per heavy atom. The molecule has 0 bridgehead atoms. The number of aryl methyl sites for hydroxylation is 1. The number of nitrogens with zero attached hydrogens (tertiary/aromatic N) is 1. The second-order valence-electron chi connectivity index (χ2n) is 5.37. The quantitative estimate of drug-likeness (QED) is 0.600. The summed E-state index contributed by atoms with van der Waals surface area (Å²) in [4.78, 5) is 12.1. The average Bonchev–Trinajstić information content (AvgIpc) is 2.59. The van der Waals surface area contributed by atoms with Crippen LogP contribution in [0, 0.1) is 6.92 Å². The summed E-state index contributed by atoms with van der Waals surface area (Å²) in [5.41, 5.74) is 4.12. The molecule has 1 atom stereocenters. The molecule has 1 N–H and O–H groups in total. The van der Waals surface area contributed by atoms with E-state index in [9.17, 15) is 4.79 Å². The molecule has 2 aromatic rings. The molecule has 0 fully saturated rings. The number of benzene rings is 2. The van der Waals surface area contributed by atoms with Crippen LogP contribution in [-0.2, 0) is 4.79 Å². The third kappa shape index (κ3) is 5.50. The van der Waals surface area contributed by atoms with Crippen molar-refractivity contribution in [2.24, 2.45) is 5.10 Å². The topological polar surface area (TPSA) is 59.9 Å². The highest BCUT2D eigenvalue weighted by Crippen LogP contribution is 2.22.